The summed E-state index contributed by atoms with van der Waals surface area (Å²) in [6.07, 6.45) is 0.624. The van der Waals surface area contributed by atoms with Gasteiger partial charge in [-0.2, -0.15) is 0 Å². The van der Waals surface area contributed by atoms with Gasteiger partial charge in [-0.1, -0.05) is 36.4 Å². The standard InChI is InChI=1S/C19H23N3O3S/c1-14(15-5-3-2-4-6-15)21-26(24,25)18-8-7-17-13-22(19(23)12-20)10-9-16(17)11-18/h2-8,11,14,21H,9-10,12-13,20H2,1H3. The predicted molar refractivity (Wildman–Crippen MR) is 99.8 cm³/mol. The molecule has 0 radical (unpaired) electrons. The second-order valence-corrected chi connectivity index (χ2v) is 8.17. The highest BCUT2D eigenvalue weighted by atomic mass is 32.2. The topological polar surface area (TPSA) is 92.5 Å². The van der Waals surface area contributed by atoms with Gasteiger partial charge >= 0.3 is 0 Å². The smallest absolute Gasteiger partial charge is 0.241 e. The summed E-state index contributed by atoms with van der Waals surface area (Å²) in [5.74, 6) is -0.0919. The second kappa shape index (κ2) is 7.57. The SMILES string of the molecule is CC(NS(=O)(=O)c1ccc2c(c1)CCN(C(=O)CN)C2)c1ccccc1. The number of rotatable bonds is 5. The molecule has 0 saturated carbocycles. The van der Waals surface area contributed by atoms with E-state index in [0.29, 0.717) is 19.5 Å². The van der Waals surface area contributed by atoms with Crippen LogP contribution in [-0.4, -0.2) is 32.3 Å². The van der Waals surface area contributed by atoms with Gasteiger partial charge in [0.05, 0.1) is 11.4 Å². The zero-order chi connectivity index (χ0) is 18.7. The minimum Gasteiger partial charge on any atom is -0.337 e. The Hall–Kier alpha value is -2.22. The molecule has 0 aromatic heterocycles. The summed E-state index contributed by atoms with van der Waals surface area (Å²) in [6.45, 7) is 2.84. The van der Waals surface area contributed by atoms with Crippen LogP contribution in [0.5, 0.6) is 0 Å². The van der Waals surface area contributed by atoms with Crippen molar-refractivity contribution in [3.63, 3.8) is 0 Å². The molecule has 0 bridgehead atoms. The van der Waals surface area contributed by atoms with Crippen molar-refractivity contribution >= 4 is 15.9 Å². The third-order valence-corrected chi connectivity index (χ3v) is 6.20. The molecule has 3 N–H and O–H groups in total. The molecule has 6 nitrogen and oxygen atoms in total. The van der Waals surface area contributed by atoms with Gasteiger partial charge in [-0.05, 0) is 42.2 Å². The van der Waals surface area contributed by atoms with Gasteiger partial charge in [0.2, 0.25) is 15.9 Å². The molecule has 138 valence electrons. The van der Waals surface area contributed by atoms with Crippen molar-refractivity contribution in [1.82, 2.24) is 9.62 Å². The molecule has 1 heterocycles. The monoisotopic (exact) mass is 373 g/mol. The number of hydrogen-bond acceptors (Lipinski definition) is 4. The van der Waals surface area contributed by atoms with Gasteiger partial charge in [-0.25, -0.2) is 13.1 Å². The van der Waals surface area contributed by atoms with Gasteiger partial charge in [0, 0.05) is 19.1 Å². The van der Waals surface area contributed by atoms with Crippen LogP contribution in [0.2, 0.25) is 0 Å². The van der Waals surface area contributed by atoms with E-state index in [1.807, 2.05) is 37.3 Å². The van der Waals surface area contributed by atoms with Crippen molar-refractivity contribution in [3.05, 3.63) is 65.2 Å². The lowest BCUT2D eigenvalue weighted by molar-refractivity contribution is -0.130. The second-order valence-electron chi connectivity index (χ2n) is 6.45. The van der Waals surface area contributed by atoms with E-state index in [1.165, 1.54) is 0 Å². The van der Waals surface area contributed by atoms with Crippen molar-refractivity contribution in [1.29, 1.82) is 0 Å². The summed E-state index contributed by atoms with van der Waals surface area (Å²) in [7, 11) is -3.63. The first-order chi connectivity index (χ1) is 12.4. The average molecular weight is 373 g/mol. The third-order valence-electron chi connectivity index (χ3n) is 4.66. The fraction of sp³-hybridized carbons (Fsp3) is 0.316. The molecule has 0 fully saturated rings. The minimum atomic E-state index is -3.63. The molecule has 1 aliphatic heterocycles. The van der Waals surface area contributed by atoms with E-state index >= 15 is 0 Å². The van der Waals surface area contributed by atoms with Gasteiger partial charge < -0.3 is 10.6 Å². The maximum Gasteiger partial charge on any atom is 0.241 e. The molecule has 26 heavy (non-hydrogen) atoms. The molecule has 1 amide bonds. The van der Waals surface area contributed by atoms with Crippen LogP contribution in [-0.2, 0) is 27.8 Å². The van der Waals surface area contributed by atoms with E-state index in [4.69, 9.17) is 5.73 Å². The Labute approximate surface area is 154 Å². The van der Waals surface area contributed by atoms with Crippen molar-refractivity contribution in [2.75, 3.05) is 13.1 Å². The molecule has 3 rings (SSSR count). The van der Waals surface area contributed by atoms with Crippen LogP contribution in [0.15, 0.2) is 53.4 Å². The fourth-order valence-electron chi connectivity index (χ4n) is 3.15. The molecule has 2 aromatic rings. The predicted octanol–water partition coefficient (Wildman–Crippen LogP) is 1.57. The lowest BCUT2D eigenvalue weighted by Gasteiger charge is -2.29. The highest BCUT2D eigenvalue weighted by molar-refractivity contribution is 7.89. The van der Waals surface area contributed by atoms with Crippen molar-refractivity contribution in [2.45, 2.75) is 30.8 Å². The summed E-state index contributed by atoms with van der Waals surface area (Å²) >= 11 is 0. The zero-order valence-corrected chi connectivity index (χ0v) is 15.5. The van der Waals surface area contributed by atoms with Gasteiger partial charge in [0.25, 0.3) is 0 Å². The number of nitrogens with one attached hydrogen (secondary N) is 1. The Morgan fingerprint density at radius 2 is 1.92 bits per heavy atom. The minimum absolute atomic E-state index is 0.0108. The number of amides is 1. The van der Waals surface area contributed by atoms with Gasteiger partial charge in [0.15, 0.2) is 0 Å². The van der Waals surface area contributed by atoms with Crippen molar-refractivity contribution < 1.29 is 13.2 Å². The summed E-state index contributed by atoms with van der Waals surface area (Å²) in [5, 5.41) is 0. The van der Waals surface area contributed by atoms with E-state index in [1.54, 1.807) is 23.1 Å². The number of nitrogens with two attached hydrogens (primary N) is 1. The molecule has 0 spiro atoms. The Morgan fingerprint density at radius 1 is 1.19 bits per heavy atom. The summed E-state index contributed by atoms with van der Waals surface area (Å²) in [4.78, 5) is 13.7. The molecule has 1 atom stereocenters. The Bertz CT molecular complexity index is 898. The molecule has 1 aliphatic rings. The normalized spacial score (nSPS) is 15.4. The summed E-state index contributed by atoms with van der Waals surface area (Å²) in [6, 6.07) is 14.2. The van der Waals surface area contributed by atoms with E-state index in [-0.39, 0.29) is 23.4 Å². The lowest BCUT2D eigenvalue weighted by Crippen LogP contribution is -2.39. The van der Waals surface area contributed by atoms with Crippen LogP contribution >= 0.6 is 0 Å². The molecule has 0 aliphatic carbocycles. The molecule has 1 unspecified atom stereocenters. The molecule has 0 saturated heterocycles. The highest BCUT2D eigenvalue weighted by Crippen LogP contribution is 2.24. The van der Waals surface area contributed by atoms with Crippen molar-refractivity contribution in [2.24, 2.45) is 5.73 Å². The fourth-order valence-corrected chi connectivity index (χ4v) is 4.43. The Kier molecular flexibility index (Phi) is 5.41. The number of hydrogen-bond donors (Lipinski definition) is 2. The zero-order valence-electron chi connectivity index (χ0n) is 14.7. The quantitative estimate of drug-likeness (QED) is 0.832. The third kappa shape index (κ3) is 3.95. The van der Waals surface area contributed by atoms with Crippen LogP contribution in [0.1, 0.15) is 29.7 Å². The van der Waals surface area contributed by atoms with Crippen molar-refractivity contribution in [3.8, 4) is 0 Å². The highest BCUT2D eigenvalue weighted by Gasteiger charge is 2.23. The maximum absolute atomic E-state index is 12.7. The molecular weight excluding hydrogens is 350 g/mol. The number of carbonyl (C=O) groups is 1. The lowest BCUT2D eigenvalue weighted by atomic mass is 10.00. The van der Waals surface area contributed by atoms with Gasteiger partial charge in [0.1, 0.15) is 0 Å². The number of sulfonamides is 1. The van der Waals surface area contributed by atoms with Crippen LogP contribution in [0, 0.1) is 0 Å². The first-order valence-corrected chi connectivity index (χ1v) is 10.1. The first kappa shape index (κ1) is 18.6. The largest absolute Gasteiger partial charge is 0.337 e. The number of fused-ring (bicyclic) bond motifs is 1. The molecule has 2 aromatic carbocycles. The van der Waals surface area contributed by atoms with Crippen LogP contribution in [0.25, 0.3) is 0 Å². The van der Waals surface area contributed by atoms with E-state index in [0.717, 1.165) is 16.7 Å². The Morgan fingerprint density at radius 3 is 2.62 bits per heavy atom. The van der Waals surface area contributed by atoms with Gasteiger partial charge in [-0.15, -0.1) is 0 Å². The van der Waals surface area contributed by atoms with E-state index in [9.17, 15) is 13.2 Å². The summed E-state index contributed by atoms with van der Waals surface area (Å²) < 4.78 is 28.2. The van der Waals surface area contributed by atoms with Gasteiger partial charge in [-0.3, -0.25) is 4.79 Å². The molecular formula is C19H23N3O3S. The number of carbonyl (C=O) groups excluding carboxylic acids is 1. The number of benzene rings is 2. The average Bonchev–Trinajstić information content (AvgIpc) is 2.66. The van der Waals surface area contributed by atoms with Crippen LogP contribution in [0.4, 0.5) is 0 Å². The van der Waals surface area contributed by atoms with E-state index < -0.39 is 10.0 Å². The summed E-state index contributed by atoms with van der Waals surface area (Å²) in [5.41, 5.74) is 8.25. The molecule has 7 heteroatoms. The van der Waals surface area contributed by atoms with Crippen LogP contribution in [0.3, 0.4) is 0 Å². The number of nitrogens with zero attached hydrogens (tertiary/aromatic N) is 1. The van der Waals surface area contributed by atoms with E-state index in [2.05, 4.69) is 4.72 Å². The first-order valence-electron chi connectivity index (χ1n) is 8.57. The Balaban J connectivity index is 1.79. The van der Waals surface area contributed by atoms with Crippen LogP contribution < -0.4 is 10.5 Å². The maximum atomic E-state index is 12.7.